The SMILES string of the molecule is c1ccc(-c2c3ccccc3c(-c3ccc4cc(-c5ccc6c(c5)oc5ccc7c8ccc9ccccc9c8oc7c56)ccc4c3)c3ccccc23)cc1. The van der Waals surface area contributed by atoms with Crippen LogP contribution in [0.2, 0.25) is 0 Å². The topological polar surface area (TPSA) is 26.3 Å². The van der Waals surface area contributed by atoms with Crippen LogP contribution in [0.4, 0.5) is 0 Å². The summed E-state index contributed by atoms with van der Waals surface area (Å²) < 4.78 is 13.2. The summed E-state index contributed by atoms with van der Waals surface area (Å²) in [7, 11) is 0. The molecule has 0 aliphatic carbocycles. The van der Waals surface area contributed by atoms with Crippen LogP contribution < -0.4 is 0 Å². The third kappa shape index (κ3) is 4.22. The van der Waals surface area contributed by atoms with E-state index in [1.165, 1.54) is 60.0 Å². The van der Waals surface area contributed by atoms with E-state index < -0.39 is 0 Å². The Balaban J connectivity index is 0.977. The fourth-order valence-electron chi connectivity index (χ4n) is 8.94. The summed E-state index contributed by atoms with van der Waals surface area (Å²) in [5.41, 5.74) is 10.8. The summed E-state index contributed by atoms with van der Waals surface area (Å²) in [6.07, 6.45) is 0. The highest BCUT2D eigenvalue weighted by Crippen LogP contribution is 2.45. The second-order valence-corrected chi connectivity index (χ2v) is 14.4. The highest BCUT2D eigenvalue weighted by atomic mass is 16.3. The highest BCUT2D eigenvalue weighted by molar-refractivity contribution is 6.25. The first kappa shape index (κ1) is 29.4. The molecule has 0 amide bonds. The number of benzene rings is 10. The van der Waals surface area contributed by atoms with E-state index in [0.29, 0.717) is 0 Å². The number of furan rings is 2. The predicted octanol–water partition coefficient (Wildman–Crippen LogP) is 15.1. The largest absolute Gasteiger partial charge is 0.456 e. The summed E-state index contributed by atoms with van der Waals surface area (Å²) >= 11 is 0. The van der Waals surface area contributed by atoms with Crippen molar-refractivity contribution in [3.05, 3.63) is 182 Å². The molecule has 0 aliphatic heterocycles. The lowest BCUT2D eigenvalue weighted by Gasteiger charge is -2.18. The lowest BCUT2D eigenvalue weighted by molar-refractivity contribution is 0.664. The predicted molar refractivity (Wildman–Crippen MR) is 227 cm³/mol. The Morgan fingerprint density at radius 1 is 0.259 bits per heavy atom. The van der Waals surface area contributed by atoms with Gasteiger partial charge in [0.25, 0.3) is 0 Å². The third-order valence-corrected chi connectivity index (χ3v) is 11.4. The maximum absolute atomic E-state index is 6.66. The van der Waals surface area contributed by atoms with E-state index in [0.717, 1.165) is 60.4 Å². The molecule has 2 aromatic heterocycles. The summed E-state index contributed by atoms with van der Waals surface area (Å²) in [4.78, 5) is 0. The number of hydrogen-bond acceptors (Lipinski definition) is 2. The van der Waals surface area contributed by atoms with Crippen LogP contribution >= 0.6 is 0 Å². The summed E-state index contributed by atoms with van der Waals surface area (Å²) in [6, 6.07) is 65.6. The van der Waals surface area contributed by atoms with E-state index in [2.05, 4.69) is 182 Å². The van der Waals surface area contributed by atoms with Gasteiger partial charge in [-0.05, 0) is 114 Å². The molecule has 0 unspecified atom stereocenters. The average molecular weight is 687 g/mol. The van der Waals surface area contributed by atoms with Crippen LogP contribution in [0.3, 0.4) is 0 Å². The van der Waals surface area contributed by atoms with Gasteiger partial charge in [0.15, 0.2) is 0 Å². The van der Waals surface area contributed by atoms with E-state index in [1.54, 1.807) is 0 Å². The molecule has 0 saturated carbocycles. The Morgan fingerprint density at radius 2 is 0.778 bits per heavy atom. The maximum Gasteiger partial charge on any atom is 0.147 e. The first-order chi connectivity index (χ1) is 26.8. The van der Waals surface area contributed by atoms with E-state index in [4.69, 9.17) is 8.83 Å². The fraction of sp³-hybridized carbons (Fsp3) is 0. The normalized spacial score (nSPS) is 12.1. The van der Waals surface area contributed by atoms with Gasteiger partial charge in [-0.3, -0.25) is 0 Å². The van der Waals surface area contributed by atoms with Gasteiger partial charge in [-0.1, -0.05) is 140 Å². The minimum absolute atomic E-state index is 0.834. The zero-order chi connectivity index (χ0) is 35.3. The van der Waals surface area contributed by atoms with Crippen LogP contribution in [0.25, 0.3) is 120 Å². The average Bonchev–Trinajstić information content (AvgIpc) is 3.81. The smallest absolute Gasteiger partial charge is 0.147 e. The lowest BCUT2D eigenvalue weighted by atomic mass is 9.85. The molecule has 0 fully saturated rings. The maximum atomic E-state index is 6.66. The van der Waals surface area contributed by atoms with Gasteiger partial charge in [0.1, 0.15) is 22.3 Å². The fourth-order valence-corrected chi connectivity index (χ4v) is 8.94. The Morgan fingerprint density at radius 3 is 1.52 bits per heavy atom. The van der Waals surface area contributed by atoms with Gasteiger partial charge >= 0.3 is 0 Å². The van der Waals surface area contributed by atoms with Crippen molar-refractivity contribution in [3.63, 3.8) is 0 Å². The Kier molecular flexibility index (Phi) is 6.09. The Labute approximate surface area is 310 Å². The van der Waals surface area contributed by atoms with Gasteiger partial charge in [0, 0.05) is 21.5 Å². The standard InChI is InChI=1S/C52H30O2/c1-2-11-32(12-3-1)48-39-14-6-8-16-41(39)49(42-17-9-7-15-40(42)48)37-21-20-33-28-34(18-19-35(33)29-37)36-23-25-45-47(30-36)53-46-27-26-44-43-24-22-31-10-4-5-13-38(31)51(43)54-52(44)50(45)46/h1-30H. The third-order valence-electron chi connectivity index (χ3n) is 11.4. The Hall–Kier alpha value is -7.16. The molecule has 54 heavy (non-hydrogen) atoms. The second-order valence-electron chi connectivity index (χ2n) is 14.4. The molecule has 12 rings (SSSR count). The summed E-state index contributed by atoms with van der Waals surface area (Å²) in [5.74, 6) is 0. The van der Waals surface area contributed by atoms with Gasteiger partial charge in [-0.2, -0.15) is 0 Å². The minimum Gasteiger partial charge on any atom is -0.456 e. The van der Waals surface area contributed by atoms with Crippen molar-refractivity contribution < 1.29 is 8.83 Å². The zero-order valence-electron chi connectivity index (χ0n) is 29.1. The van der Waals surface area contributed by atoms with Crippen molar-refractivity contribution in [2.45, 2.75) is 0 Å². The molecule has 250 valence electrons. The summed E-state index contributed by atoms with van der Waals surface area (Å²) in [5, 5.41) is 14.1. The molecule has 0 spiro atoms. The van der Waals surface area contributed by atoms with Crippen molar-refractivity contribution in [1.82, 2.24) is 0 Å². The lowest BCUT2D eigenvalue weighted by Crippen LogP contribution is -1.90. The summed E-state index contributed by atoms with van der Waals surface area (Å²) in [6.45, 7) is 0. The van der Waals surface area contributed by atoms with Gasteiger partial charge < -0.3 is 8.83 Å². The molecule has 10 aromatic carbocycles. The van der Waals surface area contributed by atoms with Gasteiger partial charge in [-0.25, -0.2) is 0 Å². The van der Waals surface area contributed by atoms with Gasteiger partial charge in [-0.15, -0.1) is 0 Å². The van der Waals surface area contributed by atoms with Crippen molar-refractivity contribution in [2.75, 3.05) is 0 Å². The molecule has 0 aliphatic rings. The van der Waals surface area contributed by atoms with Crippen LogP contribution in [0.1, 0.15) is 0 Å². The first-order valence-corrected chi connectivity index (χ1v) is 18.5. The molecular weight excluding hydrogens is 657 g/mol. The van der Waals surface area contributed by atoms with Gasteiger partial charge in [0.2, 0.25) is 0 Å². The molecule has 2 heterocycles. The number of hydrogen-bond donors (Lipinski definition) is 0. The first-order valence-electron chi connectivity index (χ1n) is 18.5. The monoisotopic (exact) mass is 686 g/mol. The number of rotatable bonds is 3. The van der Waals surface area contributed by atoms with Crippen LogP contribution in [-0.4, -0.2) is 0 Å². The molecule has 2 heteroatoms. The number of fused-ring (bicyclic) bond motifs is 12. The van der Waals surface area contributed by atoms with Crippen LogP contribution in [-0.2, 0) is 0 Å². The minimum atomic E-state index is 0.834. The molecular formula is C52H30O2. The van der Waals surface area contributed by atoms with Crippen molar-refractivity contribution in [3.8, 4) is 33.4 Å². The van der Waals surface area contributed by atoms with Crippen molar-refractivity contribution >= 4 is 87.0 Å². The molecule has 0 bridgehead atoms. The van der Waals surface area contributed by atoms with E-state index in [-0.39, 0.29) is 0 Å². The molecule has 0 radical (unpaired) electrons. The molecule has 0 saturated heterocycles. The van der Waals surface area contributed by atoms with E-state index in [1.807, 2.05) is 0 Å². The van der Waals surface area contributed by atoms with Crippen molar-refractivity contribution in [1.29, 1.82) is 0 Å². The molecule has 0 atom stereocenters. The van der Waals surface area contributed by atoms with Gasteiger partial charge in [0.05, 0.1) is 5.39 Å². The second kappa shape index (κ2) is 11.2. The van der Waals surface area contributed by atoms with E-state index >= 15 is 0 Å². The van der Waals surface area contributed by atoms with E-state index in [9.17, 15) is 0 Å². The van der Waals surface area contributed by atoms with Crippen molar-refractivity contribution in [2.24, 2.45) is 0 Å². The molecule has 2 nitrogen and oxygen atoms in total. The van der Waals surface area contributed by atoms with Crippen LogP contribution in [0.5, 0.6) is 0 Å². The molecule has 0 N–H and O–H groups in total. The van der Waals surface area contributed by atoms with Crippen LogP contribution in [0, 0.1) is 0 Å². The van der Waals surface area contributed by atoms with Crippen LogP contribution in [0.15, 0.2) is 191 Å². The Bertz CT molecular complexity index is 3430. The highest BCUT2D eigenvalue weighted by Gasteiger charge is 2.19. The zero-order valence-corrected chi connectivity index (χ0v) is 29.1. The quantitative estimate of drug-likeness (QED) is 0.173. The molecule has 12 aromatic rings.